The van der Waals surface area contributed by atoms with Gasteiger partial charge in [0.25, 0.3) is 0 Å². The maximum atomic E-state index is 11.9. The maximum Gasteiger partial charge on any atom is 0.230 e. The van der Waals surface area contributed by atoms with Crippen LogP contribution in [0.25, 0.3) is 0 Å². The summed E-state index contributed by atoms with van der Waals surface area (Å²) in [6.45, 7) is 1.98. The molecule has 0 aliphatic carbocycles. The Bertz CT molecular complexity index is 485. The van der Waals surface area contributed by atoms with Crippen LogP contribution in [0.5, 0.6) is 0 Å². The van der Waals surface area contributed by atoms with Crippen LogP contribution in [0.2, 0.25) is 0 Å². The fraction of sp³-hybridized carbons (Fsp3) is 0.182. The fourth-order valence-corrected chi connectivity index (χ4v) is 1.32. The standard InChI is InChI=1S/C11H11N3O/c1-8-3-5-9(6-4-8)10(15)11-13-12-7-14(11)2/h3-7H,1-2H3. The van der Waals surface area contributed by atoms with Gasteiger partial charge in [0.2, 0.25) is 11.6 Å². The van der Waals surface area contributed by atoms with Crippen LogP contribution in [0.4, 0.5) is 0 Å². The van der Waals surface area contributed by atoms with Crippen molar-refractivity contribution in [2.45, 2.75) is 6.92 Å². The Morgan fingerprint density at radius 3 is 2.47 bits per heavy atom. The molecule has 0 spiro atoms. The molecular formula is C11H11N3O. The first kappa shape index (κ1) is 9.58. The van der Waals surface area contributed by atoms with Gasteiger partial charge >= 0.3 is 0 Å². The van der Waals surface area contributed by atoms with Crippen LogP contribution in [-0.4, -0.2) is 20.5 Å². The summed E-state index contributed by atoms with van der Waals surface area (Å²) < 4.78 is 1.61. The molecule has 4 nitrogen and oxygen atoms in total. The molecule has 1 aromatic heterocycles. The number of hydrogen-bond donors (Lipinski definition) is 0. The largest absolute Gasteiger partial charge is 0.314 e. The number of benzene rings is 1. The predicted molar refractivity (Wildman–Crippen MR) is 55.6 cm³/mol. The molecule has 0 aliphatic heterocycles. The van der Waals surface area contributed by atoms with E-state index in [1.54, 1.807) is 23.7 Å². The molecule has 0 bridgehead atoms. The SMILES string of the molecule is Cc1ccc(C(=O)c2nncn2C)cc1. The van der Waals surface area contributed by atoms with Crippen molar-refractivity contribution in [3.05, 3.63) is 47.5 Å². The average molecular weight is 201 g/mol. The Morgan fingerprint density at radius 2 is 1.93 bits per heavy atom. The van der Waals surface area contributed by atoms with Gasteiger partial charge < -0.3 is 4.57 Å². The minimum atomic E-state index is -0.102. The van der Waals surface area contributed by atoms with Crippen molar-refractivity contribution in [3.8, 4) is 0 Å². The number of rotatable bonds is 2. The van der Waals surface area contributed by atoms with Gasteiger partial charge in [-0.1, -0.05) is 29.8 Å². The number of aromatic nitrogens is 3. The average Bonchev–Trinajstić information content (AvgIpc) is 2.65. The van der Waals surface area contributed by atoms with E-state index in [-0.39, 0.29) is 5.78 Å². The van der Waals surface area contributed by atoms with Crippen LogP contribution in [0.3, 0.4) is 0 Å². The van der Waals surface area contributed by atoms with E-state index in [4.69, 9.17) is 0 Å². The van der Waals surface area contributed by atoms with E-state index in [1.807, 2.05) is 19.1 Å². The second-order valence-corrected chi connectivity index (χ2v) is 3.46. The van der Waals surface area contributed by atoms with Crippen LogP contribution >= 0.6 is 0 Å². The van der Waals surface area contributed by atoms with Crippen molar-refractivity contribution in [2.75, 3.05) is 0 Å². The highest BCUT2D eigenvalue weighted by molar-refractivity contribution is 6.06. The molecule has 0 atom stereocenters. The molecule has 2 aromatic rings. The summed E-state index contributed by atoms with van der Waals surface area (Å²) in [7, 11) is 1.75. The summed E-state index contributed by atoms with van der Waals surface area (Å²) in [6, 6.07) is 7.41. The first-order valence-corrected chi connectivity index (χ1v) is 4.64. The van der Waals surface area contributed by atoms with Crippen LogP contribution in [-0.2, 0) is 7.05 Å². The number of nitrogens with zero attached hydrogens (tertiary/aromatic N) is 3. The molecule has 0 amide bonds. The van der Waals surface area contributed by atoms with Gasteiger partial charge in [-0.3, -0.25) is 4.79 Å². The van der Waals surface area contributed by atoms with E-state index >= 15 is 0 Å². The molecule has 0 unspecified atom stereocenters. The van der Waals surface area contributed by atoms with Crippen molar-refractivity contribution in [1.82, 2.24) is 14.8 Å². The number of ketones is 1. The van der Waals surface area contributed by atoms with Gasteiger partial charge in [-0.15, -0.1) is 10.2 Å². The molecule has 15 heavy (non-hydrogen) atoms. The summed E-state index contributed by atoms with van der Waals surface area (Å²) >= 11 is 0. The molecule has 76 valence electrons. The van der Waals surface area contributed by atoms with Crippen LogP contribution in [0, 0.1) is 6.92 Å². The van der Waals surface area contributed by atoms with E-state index in [1.165, 1.54) is 6.33 Å². The molecule has 0 aliphatic rings. The highest BCUT2D eigenvalue weighted by atomic mass is 16.1. The van der Waals surface area contributed by atoms with Gasteiger partial charge in [0.05, 0.1) is 0 Å². The Morgan fingerprint density at radius 1 is 1.27 bits per heavy atom. The van der Waals surface area contributed by atoms with Crippen LogP contribution < -0.4 is 0 Å². The second-order valence-electron chi connectivity index (χ2n) is 3.46. The molecule has 1 heterocycles. The monoisotopic (exact) mass is 201 g/mol. The van der Waals surface area contributed by atoms with E-state index in [2.05, 4.69) is 10.2 Å². The highest BCUT2D eigenvalue weighted by Crippen LogP contribution is 2.08. The minimum absolute atomic E-state index is 0.102. The van der Waals surface area contributed by atoms with Gasteiger partial charge in [-0.25, -0.2) is 0 Å². The molecule has 4 heteroatoms. The van der Waals surface area contributed by atoms with E-state index in [0.717, 1.165) is 5.56 Å². The van der Waals surface area contributed by atoms with Gasteiger partial charge in [-0.2, -0.15) is 0 Å². The van der Waals surface area contributed by atoms with Gasteiger partial charge in [0, 0.05) is 12.6 Å². The summed E-state index contributed by atoms with van der Waals surface area (Å²) in [4.78, 5) is 11.9. The molecular weight excluding hydrogens is 190 g/mol. The van der Waals surface area contributed by atoms with Crippen molar-refractivity contribution in [3.63, 3.8) is 0 Å². The number of carbonyl (C=O) groups is 1. The highest BCUT2D eigenvalue weighted by Gasteiger charge is 2.13. The maximum absolute atomic E-state index is 11.9. The Hall–Kier alpha value is -1.97. The number of hydrogen-bond acceptors (Lipinski definition) is 3. The lowest BCUT2D eigenvalue weighted by Gasteiger charge is -2.00. The number of aryl methyl sites for hydroxylation is 2. The van der Waals surface area contributed by atoms with Crippen molar-refractivity contribution < 1.29 is 4.79 Å². The molecule has 0 saturated carbocycles. The third-order valence-electron chi connectivity index (χ3n) is 2.23. The van der Waals surface area contributed by atoms with Crippen molar-refractivity contribution in [1.29, 1.82) is 0 Å². The predicted octanol–water partition coefficient (Wildman–Crippen LogP) is 1.35. The van der Waals surface area contributed by atoms with Crippen molar-refractivity contribution in [2.24, 2.45) is 7.05 Å². The summed E-state index contributed by atoms with van der Waals surface area (Å²) in [6.07, 6.45) is 1.52. The van der Waals surface area contributed by atoms with E-state index in [0.29, 0.717) is 11.4 Å². The molecule has 0 N–H and O–H groups in total. The molecule has 0 fully saturated rings. The minimum Gasteiger partial charge on any atom is -0.314 e. The second kappa shape index (κ2) is 3.65. The normalized spacial score (nSPS) is 10.3. The van der Waals surface area contributed by atoms with Gasteiger partial charge in [0.15, 0.2) is 0 Å². The summed E-state index contributed by atoms with van der Waals surface area (Å²) in [5.74, 6) is 0.258. The summed E-state index contributed by atoms with van der Waals surface area (Å²) in [5.41, 5.74) is 1.77. The number of carbonyl (C=O) groups excluding carboxylic acids is 1. The van der Waals surface area contributed by atoms with Crippen molar-refractivity contribution >= 4 is 5.78 Å². The summed E-state index contributed by atoms with van der Waals surface area (Å²) in [5, 5.41) is 7.46. The first-order valence-electron chi connectivity index (χ1n) is 4.64. The topological polar surface area (TPSA) is 47.8 Å². The quantitative estimate of drug-likeness (QED) is 0.689. The third-order valence-corrected chi connectivity index (χ3v) is 2.23. The van der Waals surface area contributed by atoms with Crippen LogP contribution in [0.1, 0.15) is 21.7 Å². The molecule has 0 saturated heterocycles. The van der Waals surface area contributed by atoms with Gasteiger partial charge in [0.1, 0.15) is 6.33 Å². The van der Waals surface area contributed by atoms with Gasteiger partial charge in [-0.05, 0) is 6.92 Å². The van der Waals surface area contributed by atoms with E-state index < -0.39 is 0 Å². The Kier molecular flexibility index (Phi) is 2.33. The smallest absolute Gasteiger partial charge is 0.230 e. The molecule has 0 radical (unpaired) electrons. The zero-order valence-electron chi connectivity index (χ0n) is 8.64. The lowest BCUT2D eigenvalue weighted by Crippen LogP contribution is -2.08. The first-order chi connectivity index (χ1) is 7.18. The fourth-order valence-electron chi connectivity index (χ4n) is 1.32. The lowest BCUT2D eigenvalue weighted by atomic mass is 10.1. The zero-order valence-corrected chi connectivity index (χ0v) is 8.64. The third kappa shape index (κ3) is 1.79. The Labute approximate surface area is 87.6 Å². The molecule has 1 aromatic carbocycles. The lowest BCUT2D eigenvalue weighted by molar-refractivity contribution is 0.102. The molecule has 2 rings (SSSR count). The van der Waals surface area contributed by atoms with E-state index in [9.17, 15) is 4.79 Å². The zero-order chi connectivity index (χ0) is 10.8. The Balaban J connectivity index is 2.37. The van der Waals surface area contributed by atoms with Crippen LogP contribution in [0.15, 0.2) is 30.6 Å².